The molecule has 19 heavy (non-hydrogen) atoms. The van der Waals surface area contributed by atoms with Crippen molar-refractivity contribution in [1.29, 1.82) is 0 Å². The predicted octanol–water partition coefficient (Wildman–Crippen LogP) is 1.76. The first-order chi connectivity index (χ1) is 9.20. The number of imidazole rings is 1. The number of aromatic amines is 1. The molecule has 5 heteroatoms. The van der Waals surface area contributed by atoms with E-state index in [9.17, 15) is 0 Å². The largest absolute Gasteiger partial charge is 0.399 e. The normalized spacial score (nSPS) is 19.6. The molecule has 1 aliphatic heterocycles. The molecular formula is C14H20N4O. The van der Waals surface area contributed by atoms with Crippen molar-refractivity contribution in [2.24, 2.45) is 0 Å². The fraction of sp³-hybridized carbons (Fsp3) is 0.500. The van der Waals surface area contributed by atoms with E-state index in [1.54, 1.807) is 0 Å². The number of ether oxygens (including phenoxy) is 1. The first-order valence-corrected chi connectivity index (χ1v) is 6.75. The average Bonchev–Trinajstić information content (AvgIpc) is 2.97. The lowest BCUT2D eigenvalue weighted by Gasteiger charge is -2.19. The molecule has 1 aromatic heterocycles. The van der Waals surface area contributed by atoms with Crippen molar-refractivity contribution in [3.05, 3.63) is 24.0 Å². The third-order valence-electron chi connectivity index (χ3n) is 3.51. The van der Waals surface area contributed by atoms with Gasteiger partial charge in [-0.25, -0.2) is 4.98 Å². The van der Waals surface area contributed by atoms with Crippen molar-refractivity contribution in [2.45, 2.75) is 25.5 Å². The Morgan fingerprint density at radius 2 is 2.42 bits per heavy atom. The van der Waals surface area contributed by atoms with E-state index in [0.717, 1.165) is 42.2 Å². The monoisotopic (exact) mass is 260 g/mol. The van der Waals surface area contributed by atoms with Crippen LogP contribution in [0.1, 0.15) is 18.7 Å². The molecule has 0 saturated carbocycles. The molecule has 1 saturated heterocycles. The van der Waals surface area contributed by atoms with E-state index >= 15 is 0 Å². The number of nitrogens with zero attached hydrogens (tertiary/aromatic N) is 2. The molecule has 0 aliphatic carbocycles. The lowest BCUT2D eigenvalue weighted by atomic mass is 10.2. The molecule has 1 unspecified atom stereocenters. The van der Waals surface area contributed by atoms with Crippen LogP contribution in [0.4, 0.5) is 5.69 Å². The third-order valence-corrected chi connectivity index (χ3v) is 3.51. The molecule has 0 spiro atoms. The first-order valence-electron chi connectivity index (χ1n) is 6.75. The minimum Gasteiger partial charge on any atom is -0.399 e. The lowest BCUT2D eigenvalue weighted by molar-refractivity contribution is 0.0787. The number of hydrogen-bond donors (Lipinski definition) is 2. The summed E-state index contributed by atoms with van der Waals surface area (Å²) < 4.78 is 5.65. The number of likely N-dealkylation sites (N-methyl/N-ethyl adjacent to an activating group) is 1. The van der Waals surface area contributed by atoms with Crippen molar-refractivity contribution in [1.82, 2.24) is 14.9 Å². The minimum atomic E-state index is 0.380. The summed E-state index contributed by atoms with van der Waals surface area (Å²) in [6, 6.07) is 5.75. The fourth-order valence-corrected chi connectivity index (χ4v) is 2.61. The number of rotatable bonds is 4. The summed E-state index contributed by atoms with van der Waals surface area (Å²) >= 11 is 0. The molecule has 3 rings (SSSR count). The van der Waals surface area contributed by atoms with E-state index in [1.807, 2.05) is 18.2 Å². The minimum absolute atomic E-state index is 0.380. The maximum Gasteiger partial charge on any atom is 0.121 e. The molecule has 1 atom stereocenters. The number of H-pyrrole nitrogens is 1. The zero-order valence-corrected chi connectivity index (χ0v) is 11.2. The maximum atomic E-state index is 5.77. The summed E-state index contributed by atoms with van der Waals surface area (Å²) in [6.45, 7) is 2.66. The van der Waals surface area contributed by atoms with Gasteiger partial charge in [-0.2, -0.15) is 0 Å². The van der Waals surface area contributed by atoms with Gasteiger partial charge in [-0.15, -0.1) is 0 Å². The first kappa shape index (κ1) is 12.4. The van der Waals surface area contributed by atoms with Gasteiger partial charge in [-0.05, 0) is 38.1 Å². The van der Waals surface area contributed by atoms with E-state index in [0.29, 0.717) is 6.10 Å². The lowest BCUT2D eigenvalue weighted by Crippen LogP contribution is -2.28. The number of nitrogens with two attached hydrogens (primary N) is 1. The Balaban J connectivity index is 1.66. The summed E-state index contributed by atoms with van der Waals surface area (Å²) in [7, 11) is 2.10. The molecule has 102 valence electrons. The Labute approximate surface area is 112 Å². The van der Waals surface area contributed by atoms with Gasteiger partial charge in [0.2, 0.25) is 0 Å². The molecule has 0 radical (unpaired) electrons. The van der Waals surface area contributed by atoms with E-state index in [-0.39, 0.29) is 0 Å². The Hall–Kier alpha value is -1.59. The molecule has 2 aromatic rings. The van der Waals surface area contributed by atoms with Crippen LogP contribution in [0.25, 0.3) is 11.0 Å². The fourth-order valence-electron chi connectivity index (χ4n) is 2.61. The van der Waals surface area contributed by atoms with Crippen molar-refractivity contribution < 1.29 is 4.74 Å². The van der Waals surface area contributed by atoms with Gasteiger partial charge in [0.15, 0.2) is 0 Å². The highest BCUT2D eigenvalue weighted by atomic mass is 16.5. The number of hydrogen-bond acceptors (Lipinski definition) is 4. The topological polar surface area (TPSA) is 67.2 Å². The second kappa shape index (κ2) is 5.19. The van der Waals surface area contributed by atoms with Crippen LogP contribution in [-0.4, -0.2) is 41.2 Å². The smallest absolute Gasteiger partial charge is 0.121 e. The predicted molar refractivity (Wildman–Crippen MR) is 75.8 cm³/mol. The Kier molecular flexibility index (Phi) is 3.40. The van der Waals surface area contributed by atoms with Gasteiger partial charge in [-0.3, -0.25) is 4.90 Å². The Bertz CT molecular complexity index is 560. The van der Waals surface area contributed by atoms with Crippen molar-refractivity contribution in [3.63, 3.8) is 0 Å². The van der Waals surface area contributed by atoms with Gasteiger partial charge < -0.3 is 15.5 Å². The molecule has 5 nitrogen and oxygen atoms in total. The molecule has 0 bridgehead atoms. The summed E-state index contributed by atoms with van der Waals surface area (Å²) in [6.07, 6.45) is 2.73. The Morgan fingerprint density at radius 3 is 3.21 bits per heavy atom. The zero-order valence-electron chi connectivity index (χ0n) is 11.2. The third kappa shape index (κ3) is 2.88. The highest BCUT2D eigenvalue weighted by Gasteiger charge is 2.17. The number of anilines is 1. The van der Waals surface area contributed by atoms with Crippen LogP contribution in [0.15, 0.2) is 18.2 Å². The van der Waals surface area contributed by atoms with E-state index in [2.05, 4.69) is 21.9 Å². The van der Waals surface area contributed by atoms with Gasteiger partial charge in [0.05, 0.1) is 23.7 Å². The molecule has 2 heterocycles. The molecule has 1 fully saturated rings. The summed E-state index contributed by atoms with van der Waals surface area (Å²) in [5.41, 5.74) is 8.50. The van der Waals surface area contributed by atoms with Crippen LogP contribution < -0.4 is 5.73 Å². The molecule has 1 aromatic carbocycles. The highest BCUT2D eigenvalue weighted by molar-refractivity contribution is 5.78. The number of aromatic nitrogens is 2. The summed E-state index contributed by atoms with van der Waals surface area (Å²) in [5, 5.41) is 0. The number of benzene rings is 1. The molecule has 1 aliphatic rings. The average molecular weight is 260 g/mol. The number of nitrogen functional groups attached to an aromatic ring is 1. The van der Waals surface area contributed by atoms with Gasteiger partial charge in [0.1, 0.15) is 5.82 Å². The second-order valence-corrected chi connectivity index (χ2v) is 5.29. The standard InChI is InChI=1S/C14H20N4O/c1-18(8-11-3-2-6-19-11)9-14-16-12-5-4-10(15)7-13(12)17-14/h4-5,7,11H,2-3,6,8-9,15H2,1H3,(H,16,17). The highest BCUT2D eigenvalue weighted by Crippen LogP contribution is 2.17. The molecule has 0 amide bonds. The van der Waals surface area contributed by atoms with Crippen molar-refractivity contribution in [3.8, 4) is 0 Å². The van der Waals surface area contributed by atoms with Crippen LogP contribution in [0.2, 0.25) is 0 Å². The quantitative estimate of drug-likeness (QED) is 0.822. The Morgan fingerprint density at radius 1 is 1.53 bits per heavy atom. The van der Waals surface area contributed by atoms with E-state index in [4.69, 9.17) is 10.5 Å². The van der Waals surface area contributed by atoms with Crippen LogP contribution in [0.3, 0.4) is 0 Å². The van der Waals surface area contributed by atoms with Crippen molar-refractivity contribution in [2.75, 3.05) is 25.9 Å². The van der Waals surface area contributed by atoms with Gasteiger partial charge in [0.25, 0.3) is 0 Å². The SMILES string of the molecule is CN(Cc1nc2ccc(N)cc2[nH]1)CC1CCCO1. The summed E-state index contributed by atoms with van der Waals surface area (Å²) in [4.78, 5) is 10.1. The van der Waals surface area contributed by atoms with Crippen molar-refractivity contribution >= 4 is 16.7 Å². The van der Waals surface area contributed by atoms with E-state index < -0.39 is 0 Å². The van der Waals surface area contributed by atoms with Crippen LogP contribution in [0.5, 0.6) is 0 Å². The second-order valence-electron chi connectivity index (χ2n) is 5.29. The van der Waals surface area contributed by atoms with Gasteiger partial charge in [0, 0.05) is 18.8 Å². The van der Waals surface area contributed by atoms with Crippen LogP contribution in [-0.2, 0) is 11.3 Å². The van der Waals surface area contributed by atoms with Gasteiger partial charge >= 0.3 is 0 Å². The summed E-state index contributed by atoms with van der Waals surface area (Å²) in [5.74, 6) is 0.973. The van der Waals surface area contributed by atoms with Gasteiger partial charge in [-0.1, -0.05) is 0 Å². The maximum absolute atomic E-state index is 5.77. The zero-order chi connectivity index (χ0) is 13.2. The van der Waals surface area contributed by atoms with E-state index in [1.165, 1.54) is 12.8 Å². The number of nitrogens with one attached hydrogen (secondary N) is 1. The number of fused-ring (bicyclic) bond motifs is 1. The molecule has 3 N–H and O–H groups in total. The van der Waals surface area contributed by atoms with Crippen LogP contribution >= 0.6 is 0 Å². The van der Waals surface area contributed by atoms with Crippen LogP contribution in [0, 0.1) is 0 Å². The molecular weight excluding hydrogens is 240 g/mol.